The number of carbonyl (C=O) groups is 1. The van der Waals surface area contributed by atoms with Crippen LogP contribution in [0.25, 0.3) is 0 Å². The van der Waals surface area contributed by atoms with Gasteiger partial charge < -0.3 is 14.2 Å². The van der Waals surface area contributed by atoms with Crippen molar-refractivity contribution in [1.29, 1.82) is 0 Å². The Labute approximate surface area is 265 Å². The number of hydrogen-bond acceptors (Lipinski definition) is 8. The van der Waals surface area contributed by atoms with Crippen LogP contribution in [0, 0.1) is 5.92 Å². The van der Waals surface area contributed by atoms with E-state index in [4.69, 9.17) is 44.3 Å². The topological polar surface area (TPSA) is 91.8 Å². The Morgan fingerprint density at radius 1 is 1.00 bits per heavy atom. The minimum atomic E-state index is -4.10. The monoisotopic (exact) mass is 687 g/mol. The second-order valence-corrected chi connectivity index (χ2v) is 13.5. The van der Waals surface area contributed by atoms with Gasteiger partial charge in [0.05, 0.1) is 32.0 Å². The Hall–Kier alpha value is -2.96. The summed E-state index contributed by atoms with van der Waals surface area (Å²) in [7, 11) is -4.10. The Morgan fingerprint density at radius 2 is 1.70 bits per heavy atom. The Balaban J connectivity index is 1.50. The van der Waals surface area contributed by atoms with Crippen LogP contribution in [0.1, 0.15) is 40.4 Å². The molecule has 14 heteroatoms. The van der Waals surface area contributed by atoms with E-state index in [2.05, 4.69) is 9.72 Å². The lowest BCUT2D eigenvalue weighted by Gasteiger charge is -2.21. The SMILES string of the molecule is O=C(OC(Cc1c(Cl)cncc1Cl)c1ccc(OC(F)F)c(OCC2CC2)c1)c1cscc1S(=O)(=O)c1ccc(Cl)cc1. The van der Waals surface area contributed by atoms with Crippen LogP contribution in [0.5, 0.6) is 11.5 Å². The van der Waals surface area contributed by atoms with Crippen molar-refractivity contribution in [3.05, 3.63) is 97.4 Å². The van der Waals surface area contributed by atoms with E-state index in [1.54, 1.807) is 0 Å². The maximum absolute atomic E-state index is 13.6. The molecule has 1 aliphatic rings. The number of carbonyl (C=O) groups excluding carboxylic acids is 1. The molecule has 0 N–H and O–H groups in total. The molecule has 0 radical (unpaired) electrons. The quantitative estimate of drug-likeness (QED) is 0.138. The van der Waals surface area contributed by atoms with Crippen molar-refractivity contribution in [2.24, 2.45) is 5.92 Å². The molecular formula is C29H22Cl3F2NO6S2. The zero-order valence-electron chi connectivity index (χ0n) is 22.0. The molecule has 0 saturated heterocycles. The van der Waals surface area contributed by atoms with Gasteiger partial charge in [0.25, 0.3) is 0 Å². The second kappa shape index (κ2) is 13.4. The average molecular weight is 689 g/mol. The second-order valence-electron chi connectivity index (χ2n) is 9.63. The molecule has 0 aliphatic heterocycles. The number of hydrogen-bond donors (Lipinski definition) is 0. The fourth-order valence-electron chi connectivity index (χ4n) is 4.14. The standard InChI is InChI=1S/C29H22Cl3F2NO6S2/c30-18-4-6-19(7-5-18)43(37,38)27-15-42-14-21(27)28(36)40-25(10-20-22(31)11-35-12-23(20)32)17-3-8-24(41-29(33)34)26(9-17)39-13-16-1-2-16/h3-9,11-12,14-16,25,29H,1-2,10,13H2. The molecular weight excluding hydrogens is 667 g/mol. The molecule has 1 atom stereocenters. The molecule has 43 heavy (non-hydrogen) atoms. The summed E-state index contributed by atoms with van der Waals surface area (Å²) in [4.78, 5) is 17.2. The van der Waals surface area contributed by atoms with Crippen LogP contribution in [0.4, 0.5) is 8.78 Å². The predicted octanol–water partition coefficient (Wildman–Crippen LogP) is 8.47. The third-order valence-electron chi connectivity index (χ3n) is 6.58. The third kappa shape index (κ3) is 7.58. The van der Waals surface area contributed by atoms with Crippen LogP contribution < -0.4 is 9.47 Å². The molecule has 7 nitrogen and oxygen atoms in total. The summed E-state index contributed by atoms with van der Waals surface area (Å²) < 4.78 is 69.4. The maximum Gasteiger partial charge on any atom is 0.387 e. The summed E-state index contributed by atoms with van der Waals surface area (Å²) in [6.07, 6.45) is 3.53. The van der Waals surface area contributed by atoms with Crippen LogP contribution in [-0.4, -0.2) is 32.6 Å². The maximum atomic E-state index is 13.6. The van der Waals surface area contributed by atoms with Gasteiger partial charge in [0.1, 0.15) is 6.10 Å². The van der Waals surface area contributed by atoms with Gasteiger partial charge >= 0.3 is 12.6 Å². The Bertz CT molecular complexity index is 1710. The van der Waals surface area contributed by atoms with Crippen molar-refractivity contribution in [1.82, 2.24) is 4.98 Å². The normalized spacial score (nSPS) is 14.0. The summed E-state index contributed by atoms with van der Waals surface area (Å²) in [5, 5.41) is 3.48. The van der Waals surface area contributed by atoms with E-state index in [-0.39, 0.29) is 43.3 Å². The van der Waals surface area contributed by atoms with E-state index in [0.29, 0.717) is 28.7 Å². The van der Waals surface area contributed by atoms with Gasteiger partial charge in [-0.2, -0.15) is 20.1 Å². The van der Waals surface area contributed by atoms with Crippen LogP contribution in [0.15, 0.2) is 75.4 Å². The van der Waals surface area contributed by atoms with Crippen LogP contribution in [0.3, 0.4) is 0 Å². The highest BCUT2D eigenvalue weighted by Gasteiger charge is 2.30. The number of pyridine rings is 1. The van der Waals surface area contributed by atoms with Crippen molar-refractivity contribution in [3.63, 3.8) is 0 Å². The Morgan fingerprint density at radius 3 is 2.35 bits per heavy atom. The molecule has 1 fully saturated rings. The number of ether oxygens (including phenoxy) is 3. The number of halogens is 5. The molecule has 0 bridgehead atoms. The van der Waals surface area contributed by atoms with Gasteiger partial charge in [0.15, 0.2) is 11.5 Å². The van der Waals surface area contributed by atoms with Gasteiger partial charge in [-0.3, -0.25) is 4.98 Å². The van der Waals surface area contributed by atoms with Crippen LogP contribution >= 0.6 is 46.1 Å². The van der Waals surface area contributed by atoms with E-state index in [1.807, 2.05) is 0 Å². The highest BCUT2D eigenvalue weighted by molar-refractivity contribution is 7.91. The molecule has 1 unspecified atom stereocenters. The van der Waals surface area contributed by atoms with E-state index >= 15 is 0 Å². The number of thiophene rings is 1. The lowest BCUT2D eigenvalue weighted by Crippen LogP contribution is -2.17. The van der Waals surface area contributed by atoms with Crippen molar-refractivity contribution < 1.29 is 36.2 Å². The molecule has 0 amide bonds. The van der Waals surface area contributed by atoms with Crippen LogP contribution in [-0.2, 0) is 21.0 Å². The van der Waals surface area contributed by atoms with Gasteiger partial charge in [-0.25, -0.2) is 13.2 Å². The highest BCUT2D eigenvalue weighted by atomic mass is 35.5. The van der Waals surface area contributed by atoms with Gasteiger partial charge in [-0.1, -0.05) is 40.9 Å². The summed E-state index contributed by atoms with van der Waals surface area (Å²) in [6.45, 7) is -2.78. The predicted molar refractivity (Wildman–Crippen MR) is 159 cm³/mol. The van der Waals surface area contributed by atoms with E-state index in [1.165, 1.54) is 65.6 Å². The van der Waals surface area contributed by atoms with Gasteiger partial charge in [-0.05, 0) is 66.3 Å². The van der Waals surface area contributed by atoms with Crippen molar-refractivity contribution >= 4 is 61.9 Å². The van der Waals surface area contributed by atoms with Crippen molar-refractivity contribution in [2.75, 3.05) is 6.61 Å². The fourth-order valence-corrected chi connectivity index (χ4v) is 7.40. The summed E-state index contributed by atoms with van der Waals surface area (Å²) in [6, 6.07) is 9.73. The average Bonchev–Trinajstić information content (AvgIpc) is 3.65. The molecule has 4 aromatic rings. The smallest absolute Gasteiger partial charge is 0.387 e. The lowest BCUT2D eigenvalue weighted by molar-refractivity contribution is -0.0515. The first-order chi connectivity index (χ1) is 20.5. The zero-order valence-corrected chi connectivity index (χ0v) is 25.9. The van der Waals surface area contributed by atoms with Crippen LogP contribution in [0.2, 0.25) is 15.1 Å². The minimum Gasteiger partial charge on any atom is -0.489 e. The van der Waals surface area contributed by atoms with E-state index in [0.717, 1.165) is 24.2 Å². The largest absolute Gasteiger partial charge is 0.489 e. The molecule has 2 aromatic carbocycles. The number of rotatable bonds is 12. The first kappa shape index (κ1) is 31.5. The summed E-state index contributed by atoms with van der Waals surface area (Å²) in [5.74, 6) is -0.767. The van der Waals surface area contributed by atoms with Gasteiger partial charge in [0, 0.05) is 34.6 Å². The van der Waals surface area contributed by atoms with E-state index in [9.17, 15) is 22.0 Å². The zero-order chi connectivity index (χ0) is 30.7. The number of sulfone groups is 1. The van der Waals surface area contributed by atoms with Crippen molar-refractivity contribution in [2.45, 2.75) is 41.8 Å². The fraction of sp³-hybridized carbons (Fsp3) is 0.241. The number of benzene rings is 2. The third-order valence-corrected chi connectivity index (χ3v) is 10.2. The molecule has 5 rings (SSSR count). The number of aromatic nitrogens is 1. The highest BCUT2D eigenvalue weighted by Crippen LogP contribution is 2.39. The molecule has 226 valence electrons. The first-order valence-corrected chi connectivity index (χ1v) is 16.4. The first-order valence-electron chi connectivity index (χ1n) is 12.8. The molecule has 2 aromatic heterocycles. The summed E-state index contributed by atoms with van der Waals surface area (Å²) >= 11 is 19.7. The number of alkyl halides is 2. The van der Waals surface area contributed by atoms with Gasteiger partial charge in [0.2, 0.25) is 9.84 Å². The molecule has 1 aliphatic carbocycles. The molecule has 0 spiro atoms. The number of nitrogens with zero attached hydrogens (tertiary/aromatic N) is 1. The van der Waals surface area contributed by atoms with Crippen molar-refractivity contribution in [3.8, 4) is 11.5 Å². The molecule has 1 saturated carbocycles. The summed E-state index contributed by atoms with van der Waals surface area (Å²) in [5.41, 5.74) is 0.575. The van der Waals surface area contributed by atoms with Gasteiger partial charge in [-0.15, -0.1) is 0 Å². The van der Waals surface area contributed by atoms with E-state index < -0.39 is 28.5 Å². The minimum absolute atomic E-state index is 0.0409. The Kier molecular flexibility index (Phi) is 9.77. The number of esters is 1. The lowest BCUT2D eigenvalue weighted by atomic mass is 10.0. The molecule has 2 heterocycles.